The zero-order valence-electron chi connectivity index (χ0n) is 75.8. The lowest BCUT2D eigenvalue weighted by Crippen LogP contribution is -2.41. The van der Waals surface area contributed by atoms with Crippen LogP contribution in [0, 0.1) is 11.6 Å². The Balaban J connectivity index is 0.000000125. The number of hydrogen-bond acceptors (Lipinski definition) is 10. The molecular weight excluding hydrogens is 1980 g/mol. The summed E-state index contributed by atoms with van der Waals surface area (Å²) < 4.78 is 94.6. The average Bonchev–Trinajstić information content (AvgIpc) is 1.62. The molecule has 5 atom stereocenters. The predicted molar refractivity (Wildman–Crippen MR) is 537 cm³/mol. The van der Waals surface area contributed by atoms with E-state index in [1.54, 1.807) is 38.7 Å². The number of amides is 5. The number of nitrogens with one attached hydrogen (secondary N) is 5. The highest BCUT2D eigenvalue weighted by molar-refractivity contribution is 9.10. The summed E-state index contributed by atoms with van der Waals surface area (Å²) in [5.41, 5.74) is 19.2. The van der Waals surface area contributed by atoms with E-state index in [1.807, 2.05) is 136 Å². The van der Waals surface area contributed by atoms with E-state index in [4.69, 9.17) is 105 Å². The number of hydrogen-bond donors (Lipinski definition) is 5. The molecule has 138 heavy (non-hydrogen) atoms. The van der Waals surface area contributed by atoms with Crippen LogP contribution < -0.4 is 0 Å². The zero-order chi connectivity index (χ0) is 97.7. The van der Waals surface area contributed by atoms with Crippen molar-refractivity contribution in [3.8, 4) is 0 Å². The molecule has 718 valence electrons. The number of carbonyl (C=O) groups excluding carboxylic acids is 5. The lowest BCUT2D eigenvalue weighted by Gasteiger charge is -2.35. The maximum atomic E-state index is 14.6. The van der Waals surface area contributed by atoms with Gasteiger partial charge in [0, 0.05) is 162 Å². The summed E-state index contributed by atoms with van der Waals surface area (Å²) in [6, 6.07) is 58.8. The lowest BCUT2D eigenvalue weighted by molar-refractivity contribution is -0.137. The second-order valence-corrected chi connectivity index (χ2v) is 37.9. The van der Waals surface area contributed by atoms with Gasteiger partial charge < -0.3 is 48.6 Å². The fourth-order valence-electron chi connectivity index (χ4n) is 19.1. The van der Waals surface area contributed by atoms with Crippen molar-refractivity contribution < 1.29 is 69.6 Å². The quantitative estimate of drug-likeness (QED) is 0.0417. The summed E-state index contributed by atoms with van der Waals surface area (Å²) in [5.74, 6) is -0.646. The Labute approximate surface area is 836 Å². The predicted octanol–water partition coefficient (Wildman–Crippen LogP) is 29.1. The van der Waals surface area contributed by atoms with Crippen LogP contribution in [0.15, 0.2) is 211 Å². The number of nitrogens with zero attached hydrogens (tertiary/aromatic N) is 5. The summed E-state index contributed by atoms with van der Waals surface area (Å²) in [6.45, 7) is 15.5. The van der Waals surface area contributed by atoms with Gasteiger partial charge in [-0.2, -0.15) is 13.2 Å². The first kappa shape index (κ1) is 99.4. The topological polar surface area (TPSA) is 227 Å². The third-order valence-corrected chi connectivity index (χ3v) is 27.3. The van der Waals surface area contributed by atoms with Gasteiger partial charge >= 0.3 is 36.6 Å². The van der Waals surface area contributed by atoms with Gasteiger partial charge in [0.1, 0.15) is 48.5 Å². The SMILES string of the molecule is CC(C)c1ccc(C2c3[nH]c4ccc(Cl)cc4c3CCN2C(=O)OCCCl)cc1.CCCOC(=O)N1CCc2c([nH]c3ccc(Cl)cc23)C1c1ccc(C(F)(F)F)cc1.CCOC(=O)N1CCc2c([nH]c3ccc(Br)cc23)C1c1cccc(Cl)c1.CCOC(=O)N1CCc2c([nH]c3ccc(Cl)cc23)C1c1ccc(F)cc1F.CCOC(=O)N1CCc2c([nH]c3ccc(Cl)cc23)C1c1cccc(Cl)c1. The van der Waals surface area contributed by atoms with Crippen molar-refractivity contribution in [2.24, 2.45) is 0 Å². The minimum absolute atomic E-state index is 0.199. The molecule has 5 aliphatic rings. The third kappa shape index (κ3) is 21.3. The Morgan fingerprint density at radius 1 is 0.377 bits per heavy atom. The largest absolute Gasteiger partial charge is 0.450 e. The molecule has 5 unspecified atom stereocenters. The van der Waals surface area contributed by atoms with Crippen molar-refractivity contribution >= 4 is 182 Å². The van der Waals surface area contributed by atoms with Crippen LogP contribution in [0.25, 0.3) is 54.5 Å². The first-order valence-corrected chi connectivity index (χ1v) is 49.0. The number of ether oxygens (including phenoxy) is 5. The van der Waals surface area contributed by atoms with Crippen molar-refractivity contribution in [1.82, 2.24) is 49.4 Å². The molecule has 5 amide bonds. The standard InChI is InChI=1S/C23H24Cl2N2O2.C22H20ClF3N2O2.C20H18BrClN2O2.C20H18Cl2N2O2.C20H17ClF2N2O2/c1-14(2)15-3-5-16(6-4-15)22-21-18(9-11-27(22)23(28)29-12-10-24)19-13-17(25)7-8-20(19)26-21;1-2-11-30-21(29)28-10-9-16-17-12-15(23)7-8-18(17)27-19(16)20(28)13-3-5-14(6-4-13)22(24,25)26;1-2-26-20(25)24-9-8-15-16-11-13(21)6-7-17(16)23-18(15)19(24)12-4-3-5-14(22)10-12;1-2-26-20(25)24-9-8-15-16-11-14(22)6-7-17(16)23-18(15)19(24)12-4-3-5-13(21)10-12;1-2-27-20(26)25-8-7-13-15-9-11(21)3-6-17(15)24-18(13)19(25)14-5-4-12(22)10-16(14)23/h3-8,13-14,22,26H,9-12H2,1-2H3;3-8,12,20,27H,2,9-11H2,1H3;2*3-7,10-11,19,23H,2,8-9H2,1H3;3-6,9-10,19,24H,2,7-8H2,1H3. The number of carbonyl (C=O) groups is 5. The highest BCUT2D eigenvalue weighted by Crippen LogP contribution is 2.48. The molecule has 33 heteroatoms. The van der Waals surface area contributed by atoms with E-state index in [0.717, 1.165) is 142 Å². The first-order chi connectivity index (χ1) is 66.4. The van der Waals surface area contributed by atoms with Crippen molar-refractivity contribution in [2.45, 2.75) is 122 Å². The van der Waals surface area contributed by atoms with Crippen LogP contribution in [0.2, 0.25) is 30.1 Å². The minimum Gasteiger partial charge on any atom is -0.450 e. The third-order valence-electron chi connectivity index (χ3n) is 25.2. The molecule has 15 aromatic rings. The lowest BCUT2D eigenvalue weighted by atomic mass is 9.91. The van der Waals surface area contributed by atoms with Gasteiger partial charge in [0.05, 0.1) is 37.9 Å². The molecule has 20 rings (SSSR count). The fourth-order valence-corrected chi connectivity index (χ4v) is 20.6. The van der Waals surface area contributed by atoms with E-state index in [2.05, 4.69) is 91.1 Å². The van der Waals surface area contributed by atoms with E-state index in [9.17, 15) is 45.9 Å². The molecule has 0 radical (unpaired) electrons. The summed E-state index contributed by atoms with van der Waals surface area (Å²) in [4.78, 5) is 88.8. The molecule has 20 nitrogen and oxygen atoms in total. The molecular formula is C105H97BrCl7F5N10O10. The van der Waals surface area contributed by atoms with Crippen molar-refractivity contribution in [3.63, 3.8) is 0 Å². The molecule has 0 aliphatic carbocycles. The molecule has 5 N–H and O–H groups in total. The fraction of sp³-hybridized carbons (Fsp3) is 0.286. The molecule has 0 saturated carbocycles. The van der Waals surface area contributed by atoms with Gasteiger partial charge in [0.2, 0.25) is 0 Å². The van der Waals surface area contributed by atoms with Crippen LogP contribution in [0.1, 0.15) is 179 Å². The Hall–Kier alpha value is -11.6. The van der Waals surface area contributed by atoms with Gasteiger partial charge in [-0.15, -0.1) is 11.6 Å². The summed E-state index contributed by atoms with van der Waals surface area (Å²) >= 11 is 46.5. The smallest absolute Gasteiger partial charge is 0.416 e. The highest BCUT2D eigenvalue weighted by Gasteiger charge is 2.43. The molecule has 10 heterocycles. The molecule has 0 spiro atoms. The zero-order valence-corrected chi connectivity index (χ0v) is 82.7. The molecule has 0 fully saturated rings. The molecule has 0 bridgehead atoms. The number of aromatic amines is 5. The number of fused-ring (bicyclic) bond motifs is 15. The summed E-state index contributed by atoms with van der Waals surface area (Å²) in [6.07, 6.45) is -2.29. The van der Waals surface area contributed by atoms with E-state index >= 15 is 0 Å². The normalized spacial score (nSPS) is 16.5. The minimum atomic E-state index is -4.42. The number of benzene rings is 10. The van der Waals surface area contributed by atoms with Gasteiger partial charge in [0.15, 0.2) is 0 Å². The van der Waals surface area contributed by atoms with Gasteiger partial charge in [-0.3, -0.25) is 24.5 Å². The van der Waals surface area contributed by atoms with Crippen molar-refractivity contribution in [1.29, 1.82) is 0 Å². The monoisotopic (exact) mass is 2080 g/mol. The van der Waals surface area contributed by atoms with E-state index in [-0.39, 0.29) is 67.7 Å². The van der Waals surface area contributed by atoms with E-state index < -0.39 is 47.6 Å². The van der Waals surface area contributed by atoms with Crippen molar-refractivity contribution in [2.75, 3.05) is 71.6 Å². The maximum Gasteiger partial charge on any atom is 0.416 e. The van der Waals surface area contributed by atoms with Gasteiger partial charge in [-0.1, -0.05) is 173 Å². The van der Waals surface area contributed by atoms with Crippen molar-refractivity contribution in [3.05, 3.63) is 348 Å². The first-order valence-electron chi connectivity index (χ1n) is 45.4. The summed E-state index contributed by atoms with van der Waals surface area (Å²) in [5, 5.41) is 9.19. The average molecular weight is 2080 g/mol. The Bertz CT molecular complexity index is 6870. The number of halogens is 13. The van der Waals surface area contributed by atoms with Gasteiger partial charge in [-0.05, 0) is 254 Å². The Morgan fingerprint density at radius 2 is 0.696 bits per heavy atom. The van der Waals surface area contributed by atoms with Crippen LogP contribution >= 0.6 is 97.1 Å². The Morgan fingerprint density at radius 3 is 1.03 bits per heavy atom. The van der Waals surface area contributed by atoms with Crippen LogP contribution in [0.5, 0.6) is 0 Å². The van der Waals surface area contributed by atoms with E-state index in [1.165, 1.54) is 56.8 Å². The van der Waals surface area contributed by atoms with Gasteiger partial charge in [0.25, 0.3) is 0 Å². The van der Waals surface area contributed by atoms with E-state index in [0.29, 0.717) is 113 Å². The Kier molecular flexibility index (Phi) is 31.3. The second-order valence-electron chi connectivity index (χ2n) is 34.0. The van der Waals surface area contributed by atoms with Gasteiger partial charge in [-0.25, -0.2) is 32.8 Å². The molecule has 5 aromatic heterocycles. The highest BCUT2D eigenvalue weighted by atomic mass is 79.9. The molecule has 5 aliphatic heterocycles. The maximum absolute atomic E-state index is 14.6. The number of alkyl halides is 4. The van der Waals surface area contributed by atoms with Crippen LogP contribution in [0.3, 0.4) is 0 Å². The van der Waals surface area contributed by atoms with Crippen LogP contribution in [0.4, 0.5) is 45.9 Å². The van der Waals surface area contributed by atoms with Crippen LogP contribution in [-0.4, -0.2) is 152 Å². The molecule has 0 saturated heterocycles. The summed E-state index contributed by atoms with van der Waals surface area (Å²) in [7, 11) is 0. The number of rotatable bonds is 13. The second kappa shape index (κ2) is 43.4. The van der Waals surface area contributed by atoms with Crippen LogP contribution in [-0.2, 0) is 62.0 Å². The molecule has 10 aromatic carbocycles. The number of aromatic nitrogens is 5. The number of H-pyrrole nitrogens is 5.